The van der Waals surface area contributed by atoms with Gasteiger partial charge < -0.3 is 10.4 Å². The predicted molar refractivity (Wildman–Crippen MR) is 102 cm³/mol. The monoisotopic (exact) mass is 347 g/mol. The average molecular weight is 347 g/mol. The zero-order chi connectivity index (χ0) is 17.4. The molecule has 0 radical (unpaired) electrons. The third-order valence-electron chi connectivity index (χ3n) is 4.13. The average Bonchev–Trinajstić information content (AvgIpc) is 2.62. The van der Waals surface area contributed by atoms with Gasteiger partial charge in [-0.25, -0.2) is 4.98 Å². The molecule has 0 fully saturated rings. The highest BCUT2D eigenvalue weighted by molar-refractivity contribution is 7.99. The Labute approximate surface area is 149 Å². The largest absolute Gasteiger partial charge is 0.733 e. The van der Waals surface area contributed by atoms with Crippen LogP contribution >= 0.6 is 11.8 Å². The molecule has 0 unspecified atom stereocenters. The minimum Gasteiger partial charge on any atom is -0.733 e. The molecule has 0 aliphatic carbocycles. The molecule has 0 atom stereocenters. The molecule has 1 N–H and O–H groups in total. The zero-order valence-corrected chi connectivity index (χ0v) is 14.3. The molecule has 0 spiro atoms. The lowest BCUT2D eigenvalue weighted by Gasteiger charge is -2.22. The first-order valence-electron chi connectivity index (χ1n) is 7.85. The third kappa shape index (κ3) is 2.93. The van der Waals surface area contributed by atoms with Gasteiger partial charge in [0.15, 0.2) is 0 Å². The second-order valence-electron chi connectivity index (χ2n) is 5.80. The molecule has 4 aromatic rings. The summed E-state index contributed by atoms with van der Waals surface area (Å²) < 4.78 is 0. The Kier molecular flexibility index (Phi) is 4.05. The number of aromatic nitrogens is 1. The van der Waals surface area contributed by atoms with Crippen LogP contribution in [-0.2, 0) is 0 Å². The first kappa shape index (κ1) is 15.9. The van der Waals surface area contributed by atoms with Gasteiger partial charge in [0.05, 0.1) is 16.7 Å². The molecular weight excluding hydrogens is 332 g/mol. The molecule has 1 heterocycles. The minimum absolute atomic E-state index is 0.112. The van der Waals surface area contributed by atoms with Gasteiger partial charge in [0, 0.05) is 20.6 Å². The van der Waals surface area contributed by atoms with Crippen LogP contribution in [0.2, 0.25) is 0 Å². The fourth-order valence-corrected chi connectivity index (χ4v) is 4.03. The Hall–Kier alpha value is -2.60. The molecule has 124 valence electrons. The fourth-order valence-electron chi connectivity index (χ4n) is 2.89. The van der Waals surface area contributed by atoms with Crippen LogP contribution in [-0.4, -0.2) is 10.2 Å². The maximum atomic E-state index is 11.1. The Bertz CT molecular complexity index is 1030. The van der Waals surface area contributed by atoms with Crippen LogP contribution in [0.4, 0.5) is 5.69 Å². The molecule has 1 aromatic heterocycles. The van der Waals surface area contributed by atoms with Crippen molar-refractivity contribution in [1.82, 2.24) is 4.98 Å². The summed E-state index contributed by atoms with van der Waals surface area (Å²) in [6, 6.07) is 21.4. The molecule has 0 saturated heterocycles. The SMILES string of the molecule is Cc1cc(N([O-])O)ccc1Sc1c2ccccc2nc2ccccc12. The van der Waals surface area contributed by atoms with Crippen LogP contribution in [0.3, 0.4) is 0 Å². The van der Waals surface area contributed by atoms with E-state index in [4.69, 9.17) is 10.2 Å². The van der Waals surface area contributed by atoms with Gasteiger partial charge in [-0.15, -0.1) is 0 Å². The van der Waals surface area contributed by atoms with Gasteiger partial charge in [-0.3, -0.25) is 5.21 Å². The van der Waals surface area contributed by atoms with E-state index in [0.29, 0.717) is 0 Å². The fraction of sp³-hybridized carbons (Fsp3) is 0.0500. The van der Waals surface area contributed by atoms with Crippen molar-refractivity contribution in [2.75, 3.05) is 5.23 Å². The maximum absolute atomic E-state index is 11.1. The first-order valence-corrected chi connectivity index (χ1v) is 8.67. The number of hydrogen-bond donors (Lipinski definition) is 1. The Balaban J connectivity index is 1.90. The number of hydrogen-bond acceptors (Lipinski definition) is 5. The van der Waals surface area contributed by atoms with E-state index in [1.54, 1.807) is 23.9 Å². The molecular formula is C20H15N2O2S-. The number of para-hydroxylation sites is 2. The molecule has 5 heteroatoms. The van der Waals surface area contributed by atoms with Gasteiger partial charge >= 0.3 is 0 Å². The van der Waals surface area contributed by atoms with Gasteiger partial charge in [0.2, 0.25) is 0 Å². The second-order valence-corrected chi connectivity index (χ2v) is 6.85. The van der Waals surface area contributed by atoms with E-state index in [1.165, 1.54) is 0 Å². The number of pyridine rings is 1. The van der Waals surface area contributed by atoms with E-state index in [0.717, 1.165) is 37.2 Å². The minimum atomic E-state index is -0.112. The second kappa shape index (κ2) is 6.37. The van der Waals surface area contributed by atoms with Crippen molar-refractivity contribution in [1.29, 1.82) is 0 Å². The van der Waals surface area contributed by atoms with Crippen LogP contribution < -0.4 is 5.23 Å². The zero-order valence-electron chi connectivity index (χ0n) is 13.5. The molecule has 0 aliphatic heterocycles. The van der Waals surface area contributed by atoms with Gasteiger partial charge in [-0.2, -0.15) is 0 Å². The lowest BCUT2D eigenvalue weighted by atomic mass is 10.1. The van der Waals surface area contributed by atoms with Gasteiger partial charge in [0.1, 0.15) is 0 Å². The maximum Gasteiger partial charge on any atom is 0.0721 e. The van der Waals surface area contributed by atoms with E-state index < -0.39 is 0 Å². The summed E-state index contributed by atoms with van der Waals surface area (Å²) in [5.74, 6) is 0. The van der Waals surface area contributed by atoms with E-state index in [9.17, 15) is 5.21 Å². The summed E-state index contributed by atoms with van der Waals surface area (Å²) >= 11 is 1.65. The third-order valence-corrected chi connectivity index (χ3v) is 5.45. The molecule has 0 bridgehead atoms. The van der Waals surface area contributed by atoms with E-state index in [2.05, 4.69) is 12.1 Å². The van der Waals surface area contributed by atoms with Crippen LogP contribution in [0.1, 0.15) is 5.56 Å². The van der Waals surface area contributed by atoms with E-state index in [-0.39, 0.29) is 10.9 Å². The number of fused-ring (bicyclic) bond motifs is 2. The van der Waals surface area contributed by atoms with Crippen LogP contribution in [0, 0.1) is 12.1 Å². The first-order chi connectivity index (χ1) is 12.1. The number of aryl methyl sites for hydroxylation is 1. The molecule has 4 nitrogen and oxygen atoms in total. The standard InChI is InChI=1S/C20H15N2O2S/c1-13-12-14(22(23)24)10-11-19(13)25-20-15-6-2-4-8-17(15)21-18-9-5-3-7-16(18)20/h2-12,23H,1H3/q-1. The van der Waals surface area contributed by atoms with Crippen molar-refractivity contribution < 1.29 is 5.21 Å². The molecule has 25 heavy (non-hydrogen) atoms. The van der Waals surface area contributed by atoms with Crippen LogP contribution in [0.25, 0.3) is 21.8 Å². The highest BCUT2D eigenvalue weighted by atomic mass is 32.2. The van der Waals surface area contributed by atoms with Gasteiger partial charge in [0.25, 0.3) is 0 Å². The predicted octanol–water partition coefficient (Wildman–Crippen LogP) is 5.54. The van der Waals surface area contributed by atoms with Crippen molar-refractivity contribution >= 4 is 39.3 Å². The summed E-state index contributed by atoms with van der Waals surface area (Å²) in [5, 5.41) is 22.2. The Morgan fingerprint density at radius 3 is 2.08 bits per heavy atom. The van der Waals surface area contributed by atoms with Crippen molar-refractivity contribution in [3.05, 3.63) is 77.5 Å². The van der Waals surface area contributed by atoms with Crippen molar-refractivity contribution in [3.63, 3.8) is 0 Å². The summed E-state index contributed by atoms with van der Waals surface area (Å²) in [6.07, 6.45) is 0. The smallest absolute Gasteiger partial charge is 0.0721 e. The lowest BCUT2D eigenvalue weighted by Crippen LogP contribution is -2.06. The Morgan fingerprint density at radius 2 is 1.52 bits per heavy atom. The summed E-state index contributed by atoms with van der Waals surface area (Å²) in [4.78, 5) is 6.92. The summed E-state index contributed by atoms with van der Waals surface area (Å²) in [6.45, 7) is 1.93. The lowest BCUT2D eigenvalue weighted by molar-refractivity contribution is 0.296. The van der Waals surface area contributed by atoms with E-state index in [1.807, 2.05) is 49.4 Å². The number of nitrogens with zero attached hydrogens (tertiary/aromatic N) is 2. The van der Waals surface area contributed by atoms with Crippen molar-refractivity contribution in [2.45, 2.75) is 16.7 Å². The molecule has 0 amide bonds. The normalized spacial score (nSPS) is 11.2. The number of benzene rings is 3. The molecule has 3 aromatic carbocycles. The highest BCUT2D eigenvalue weighted by Gasteiger charge is 2.11. The molecule has 4 rings (SSSR count). The van der Waals surface area contributed by atoms with E-state index >= 15 is 0 Å². The number of anilines is 1. The van der Waals surface area contributed by atoms with Crippen molar-refractivity contribution in [3.8, 4) is 0 Å². The van der Waals surface area contributed by atoms with Crippen LogP contribution in [0.15, 0.2) is 76.5 Å². The Morgan fingerprint density at radius 1 is 0.920 bits per heavy atom. The van der Waals surface area contributed by atoms with Gasteiger partial charge in [-0.1, -0.05) is 48.2 Å². The molecule has 0 saturated carbocycles. The van der Waals surface area contributed by atoms with Gasteiger partial charge in [-0.05, 0) is 42.8 Å². The quantitative estimate of drug-likeness (QED) is 0.389. The number of rotatable bonds is 3. The molecule has 0 aliphatic rings. The van der Waals surface area contributed by atoms with Crippen molar-refractivity contribution in [2.24, 2.45) is 0 Å². The topological polar surface area (TPSA) is 59.4 Å². The van der Waals surface area contributed by atoms with Crippen LogP contribution in [0.5, 0.6) is 0 Å². The summed E-state index contributed by atoms with van der Waals surface area (Å²) in [7, 11) is 0. The highest BCUT2D eigenvalue weighted by Crippen LogP contribution is 2.40. The summed E-state index contributed by atoms with van der Waals surface area (Å²) in [5.41, 5.74) is 3.08.